The Hall–Kier alpha value is -1.07. The smallest absolute Gasteiger partial charge is 0.242 e. The van der Waals surface area contributed by atoms with Crippen molar-refractivity contribution in [3.8, 4) is 0 Å². The Morgan fingerprint density at radius 1 is 1.22 bits per heavy atom. The number of sulfonamides is 1. The molecule has 18 heavy (non-hydrogen) atoms. The van der Waals surface area contributed by atoms with E-state index in [2.05, 4.69) is 23.9 Å². The van der Waals surface area contributed by atoms with E-state index in [1.165, 1.54) is 19.9 Å². The van der Waals surface area contributed by atoms with E-state index in [1.807, 2.05) is 12.1 Å². The van der Waals surface area contributed by atoms with Crippen molar-refractivity contribution in [2.75, 3.05) is 12.4 Å². The van der Waals surface area contributed by atoms with E-state index < -0.39 is 10.0 Å². The van der Waals surface area contributed by atoms with Crippen LogP contribution in [-0.4, -0.2) is 21.0 Å². The van der Waals surface area contributed by atoms with Crippen LogP contribution in [0.1, 0.15) is 26.7 Å². The zero-order valence-electron chi connectivity index (χ0n) is 11.0. The van der Waals surface area contributed by atoms with Gasteiger partial charge in [-0.25, -0.2) is 13.1 Å². The molecule has 1 aliphatic carbocycles. The molecule has 0 bridgehead atoms. The van der Waals surface area contributed by atoms with Crippen LogP contribution >= 0.6 is 0 Å². The second-order valence-electron chi connectivity index (χ2n) is 5.32. The molecule has 0 atom stereocenters. The van der Waals surface area contributed by atoms with E-state index in [0.29, 0.717) is 16.5 Å². The normalized spacial score (nSPS) is 16.6. The first kappa shape index (κ1) is 13.4. The van der Waals surface area contributed by atoms with Crippen molar-refractivity contribution in [1.29, 1.82) is 0 Å². The number of nitrogens with one attached hydrogen (secondary N) is 2. The molecular formula is C13H20N2O2S. The summed E-state index contributed by atoms with van der Waals surface area (Å²) in [6.07, 6.45) is 2.42. The fourth-order valence-electron chi connectivity index (χ4n) is 2.17. The van der Waals surface area contributed by atoms with Crippen LogP contribution in [0, 0.1) is 5.92 Å². The average Bonchev–Trinajstić information content (AvgIpc) is 3.13. The lowest BCUT2D eigenvalue weighted by Crippen LogP contribution is -2.34. The standard InChI is InChI=1S/C13H20N2O2S/c1-13(2,10-8-9-10)15-11-6-4-5-7-12(11)18(16,17)14-3/h4-7,10,14-15H,8-9H2,1-3H3. The minimum Gasteiger partial charge on any atom is -0.379 e. The van der Waals surface area contributed by atoms with Crippen LogP contribution in [0.25, 0.3) is 0 Å². The molecule has 5 heteroatoms. The first-order valence-corrected chi connectivity index (χ1v) is 7.66. The number of hydrogen-bond acceptors (Lipinski definition) is 3. The summed E-state index contributed by atoms with van der Waals surface area (Å²) in [5.74, 6) is 0.628. The Morgan fingerprint density at radius 3 is 2.39 bits per heavy atom. The Balaban J connectivity index is 2.34. The SMILES string of the molecule is CNS(=O)(=O)c1ccccc1NC(C)(C)C1CC1. The fourth-order valence-corrected chi connectivity index (χ4v) is 3.05. The average molecular weight is 268 g/mol. The Labute approximate surface area is 109 Å². The van der Waals surface area contributed by atoms with Gasteiger partial charge in [0.05, 0.1) is 5.69 Å². The molecule has 2 rings (SSSR count). The summed E-state index contributed by atoms with van der Waals surface area (Å²) in [4.78, 5) is 0.307. The van der Waals surface area contributed by atoms with Gasteiger partial charge in [0.1, 0.15) is 4.90 Å². The minimum absolute atomic E-state index is 0.0701. The van der Waals surface area contributed by atoms with Gasteiger partial charge < -0.3 is 5.32 Å². The second kappa shape index (κ2) is 4.55. The summed E-state index contributed by atoms with van der Waals surface area (Å²) in [5, 5.41) is 3.37. The van der Waals surface area contributed by atoms with Gasteiger partial charge in [0.15, 0.2) is 0 Å². The Bertz CT molecular complexity index is 534. The van der Waals surface area contributed by atoms with Crippen LogP contribution in [0.4, 0.5) is 5.69 Å². The number of rotatable bonds is 5. The summed E-state index contributed by atoms with van der Waals surface area (Å²) in [5.41, 5.74) is 0.600. The number of hydrogen-bond donors (Lipinski definition) is 2. The van der Waals surface area contributed by atoms with Crippen molar-refractivity contribution in [2.24, 2.45) is 5.92 Å². The topological polar surface area (TPSA) is 58.2 Å². The van der Waals surface area contributed by atoms with Crippen LogP contribution < -0.4 is 10.0 Å². The third-order valence-electron chi connectivity index (χ3n) is 3.50. The molecule has 1 fully saturated rings. The van der Waals surface area contributed by atoms with Gasteiger partial charge in [0.2, 0.25) is 10.0 Å². The highest BCUT2D eigenvalue weighted by Gasteiger charge is 2.38. The fraction of sp³-hybridized carbons (Fsp3) is 0.538. The molecule has 4 nitrogen and oxygen atoms in total. The van der Waals surface area contributed by atoms with Crippen molar-refractivity contribution in [1.82, 2.24) is 4.72 Å². The lowest BCUT2D eigenvalue weighted by molar-refractivity contribution is 0.493. The first-order chi connectivity index (χ1) is 8.37. The quantitative estimate of drug-likeness (QED) is 0.860. The first-order valence-electron chi connectivity index (χ1n) is 6.17. The summed E-state index contributed by atoms with van der Waals surface area (Å²) in [6.45, 7) is 4.24. The van der Waals surface area contributed by atoms with Gasteiger partial charge in [-0.1, -0.05) is 12.1 Å². The lowest BCUT2D eigenvalue weighted by atomic mass is 9.98. The second-order valence-corrected chi connectivity index (χ2v) is 7.18. The van der Waals surface area contributed by atoms with Crippen molar-refractivity contribution < 1.29 is 8.42 Å². The molecular weight excluding hydrogens is 248 g/mol. The minimum atomic E-state index is -3.42. The summed E-state index contributed by atoms with van der Waals surface area (Å²) in [6, 6.07) is 7.02. The number of para-hydroxylation sites is 1. The van der Waals surface area contributed by atoms with Crippen molar-refractivity contribution in [3.63, 3.8) is 0 Å². The third-order valence-corrected chi connectivity index (χ3v) is 4.97. The predicted molar refractivity (Wildman–Crippen MR) is 73.1 cm³/mol. The van der Waals surface area contributed by atoms with Gasteiger partial charge in [-0.3, -0.25) is 0 Å². The molecule has 1 aromatic carbocycles. The van der Waals surface area contributed by atoms with Gasteiger partial charge in [0.25, 0.3) is 0 Å². The molecule has 0 radical (unpaired) electrons. The molecule has 100 valence electrons. The van der Waals surface area contributed by atoms with E-state index in [0.717, 1.165) is 0 Å². The van der Waals surface area contributed by atoms with Gasteiger partial charge in [0, 0.05) is 5.54 Å². The van der Waals surface area contributed by atoms with E-state index in [-0.39, 0.29) is 5.54 Å². The van der Waals surface area contributed by atoms with Crippen LogP contribution in [0.3, 0.4) is 0 Å². The molecule has 0 heterocycles. The maximum Gasteiger partial charge on any atom is 0.242 e. The van der Waals surface area contributed by atoms with Crippen LogP contribution in [0.15, 0.2) is 29.2 Å². The van der Waals surface area contributed by atoms with Gasteiger partial charge in [-0.15, -0.1) is 0 Å². The Kier molecular flexibility index (Phi) is 3.38. The van der Waals surface area contributed by atoms with Crippen LogP contribution in [0.2, 0.25) is 0 Å². The molecule has 0 aromatic heterocycles. The summed E-state index contributed by atoms with van der Waals surface area (Å²) in [7, 11) is -1.99. The maximum absolute atomic E-state index is 11.9. The highest BCUT2D eigenvalue weighted by molar-refractivity contribution is 7.89. The molecule has 2 N–H and O–H groups in total. The van der Waals surface area contributed by atoms with Crippen molar-refractivity contribution in [2.45, 2.75) is 37.1 Å². The molecule has 1 saturated carbocycles. The molecule has 0 amide bonds. The molecule has 1 aromatic rings. The van der Waals surface area contributed by atoms with E-state index in [9.17, 15) is 8.42 Å². The summed E-state index contributed by atoms with van der Waals surface area (Å²) < 4.78 is 26.2. The third kappa shape index (κ3) is 2.67. The Morgan fingerprint density at radius 2 is 1.83 bits per heavy atom. The van der Waals surface area contributed by atoms with Crippen LogP contribution in [-0.2, 0) is 10.0 Å². The number of benzene rings is 1. The maximum atomic E-state index is 11.9. The number of anilines is 1. The van der Waals surface area contributed by atoms with E-state index in [1.54, 1.807) is 12.1 Å². The molecule has 0 aliphatic heterocycles. The molecule has 0 spiro atoms. The van der Waals surface area contributed by atoms with Crippen molar-refractivity contribution >= 4 is 15.7 Å². The van der Waals surface area contributed by atoms with Gasteiger partial charge >= 0.3 is 0 Å². The zero-order valence-corrected chi connectivity index (χ0v) is 11.8. The monoisotopic (exact) mass is 268 g/mol. The van der Waals surface area contributed by atoms with E-state index >= 15 is 0 Å². The highest BCUT2D eigenvalue weighted by Crippen LogP contribution is 2.41. The lowest BCUT2D eigenvalue weighted by Gasteiger charge is -2.28. The highest BCUT2D eigenvalue weighted by atomic mass is 32.2. The molecule has 1 aliphatic rings. The van der Waals surface area contributed by atoms with Gasteiger partial charge in [-0.2, -0.15) is 0 Å². The summed E-state index contributed by atoms with van der Waals surface area (Å²) >= 11 is 0. The van der Waals surface area contributed by atoms with E-state index in [4.69, 9.17) is 0 Å². The predicted octanol–water partition coefficient (Wildman–Crippen LogP) is 2.20. The molecule has 0 saturated heterocycles. The largest absolute Gasteiger partial charge is 0.379 e. The zero-order chi connectivity index (χ0) is 13.4. The van der Waals surface area contributed by atoms with Crippen molar-refractivity contribution in [3.05, 3.63) is 24.3 Å². The van der Waals surface area contributed by atoms with Gasteiger partial charge in [-0.05, 0) is 51.8 Å². The molecule has 0 unspecified atom stereocenters. The van der Waals surface area contributed by atoms with Crippen LogP contribution in [0.5, 0.6) is 0 Å².